The van der Waals surface area contributed by atoms with Crippen molar-refractivity contribution in [2.45, 2.75) is 57.9 Å². The Bertz CT molecular complexity index is 874. The van der Waals surface area contributed by atoms with Crippen molar-refractivity contribution in [2.75, 3.05) is 33.4 Å². The number of ether oxygens (including phenoxy) is 1. The molecular formula is C29H57N9O4. The summed E-state index contributed by atoms with van der Waals surface area (Å²) in [4.78, 5) is 17.0. The van der Waals surface area contributed by atoms with Gasteiger partial charge in [-0.2, -0.15) is 10.2 Å². The topological polar surface area (TPSA) is 139 Å². The summed E-state index contributed by atoms with van der Waals surface area (Å²) in [6.45, 7) is 9.61. The minimum atomic E-state index is 0. The predicted molar refractivity (Wildman–Crippen MR) is 170 cm³/mol. The number of hydrogen-bond donors (Lipinski definition) is 0. The molecule has 0 saturated carbocycles. The minimum Gasteiger partial charge on any atom is -0.452 e. The molecule has 242 valence electrons. The summed E-state index contributed by atoms with van der Waals surface area (Å²) >= 11 is 0. The molecule has 0 bridgehead atoms. The van der Waals surface area contributed by atoms with E-state index in [1.165, 1.54) is 25.5 Å². The van der Waals surface area contributed by atoms with Gasteiger partial charge in [-0.15, -0.1) is 0 Å². The van der Waals surface area contributed by atoms with Gasteiger partial charge in [0.25, 0.3) is 0 Å². The van der Waals surface area contributed by atoms with Gasteiger partial charge in [-0.1, -0.05) is 37.1 Å². The number of aryl methyl sites for hydroxylation is 5. The van der Waals surface area contributed by atoms with Crippen LogP contribution in [0.15, 0.2) is 82.2 Å². The van der Waals surface area contributed by atoms with Crippen molar-refractivity contribution in [1.82, 2.24) is 44.4 Å². The second kappa shape index (κ2) is 31.4. The maximum Gasteiger partial charge on any atom is 0.180 e. The van der Waals surface area contributed by atoms with Crippen LogP contribution >= 0.6 is 0 Å². The van der Waals surface area contributed by atoms with Gasteiger partial charge < -0.3 is 22.9 Å². The van der Waals surface area contributed by atoms with Crippen molar-refractivity contribution in [3.63, 3.8) is 0 Å². The van der Waals surface area contributed by atoms with Gasteiger partial charge in [0.1, 0.15) is 30.4 Å². The zero-order valence-electron chi connectivity index (χ0n) is 22.3. The number of oxazole rings is 3. The van der Waals surface area contributed by atoms with Gasteiger partial charge in [0.05, 0.1) is 31.3 Å². The van der Waals surface area contributed by atoms with Crippen molar-refractivity contribution < 1.29 is 18.0 Å². The van der Waals surface area contributed by atoms with E-state index in [0.29, 0.717) is 0 Å². The lowest BCUT2D eigenvalue weighted by atomic mass is 10.5. The Morgan fingerprint density at radius 3 is 1.43 bits per heavy atom. The Balaban J connectivity index is -0.000000127. The van der Waals surface area contributed by atoms with Gasteiger partial charge in [-0.25, -0.2) is 19.9 Å². The van der Waals surface area contributed by atoms with E-state index in [1.54, 1.807) is 40.5 Å². The lowest BCUT2D eigenvalue weighted by molar-refractivity contribution is 0.0503. The van der Waals surface area contributed by atoms with Crippen molar-refractivity contribution in [1.29, 1.82) is 0 Å². The van der Waals surface area contributed by atoms with Crippen LogP contribution in [0.5, 0.6) is 0 Å². The van der Waals surface area contributed by atoms with Gasteiger partial charge in [0, 0.05) is 39.6 Å². The Morgan fingerprint density at radius 1 is 0.714 bits per heavy atom. The van der Waals surface area contributed by atoms with Crippen molar-refractivity contribution in [3.05, 3.63) is 86.2 Å². The molecule has 0 spiro atoms. The molecule has 0 unspecified atom stereocenters. The molecule has 1 aliphatic rings. The van der Waals surface area contributed by atoms with Crippen LogP contribution in [-0.2, 0) is 18.8 Å². The first-order valence-electron chi connectivity index (χ1n) is 11.4. The Labute approximate surface area is 254 Å². The summed E-state index contributed by atoms with van der Waals surface area (Å²) < 4.78 is 22.5. The van der Waals surface area contributed by atoms with Gasteiger partial charge >= 0.3 is 0 Å². The molecule has 0 atom stereocenters. The second-order valence-corrected chi connectivity index (χ2v) is 7.52. The summed E-state index contributed by atoms with van der Waals surface area (Å²) in [6, 6.07) is 1.89. The van der Waals surface area contributed by atoms with Crippen molar-refractivity contribution >= 4 is 0 Å². The smallest absolute Gasteiger partial charge is 0.180 e. The highest BCUT2D eigenvalue weighted by Crippen LogP contribution is 1.90. The Morgan fingerprint density at radius 2 is 1.29 bits per heavy atom. The van der Waals surface area contributed by atoms with Crippen LogP contribution in [0.4, 0.5) is 0 Å². The number of morpholine rings is 1. The molecule has 0 aromatic carbocycles. The third-order valence-electron chi connectivity index (χ3n) is 4.07. The quantitative estimate of drug-likeness (QED) is 0.199. The molecule has 42 heavy (non-hydrogen) atoms. The molecular weight excluding hydrogens is 538 g/mol. The summed E-state index contributed by atoms with van der Waals surface area (Å²) in [5.74, 6) is 1.71. The van der Waals surface area contributed by atoms with E-state index in [2.05, 4.69) is 46.5 Å². The van der Waals surface area contributed by atoms with Gasteiger partial charge in [-0.05, 0) is 33.9 Å². The fourth-order valence-electron chi connectivity index (χ4n) is 2.10. The van der Waals surface area contributed by atoms with Gasteiger partial charge in [0.2, 0.25) is 0 Å². The molecule has 1 fully saturated rings. The molecule has 13 heteroatoms. The first-order chi connectivity index (χ1) is 17.9. The summed E-state index contributed by atoms with van der Waals surface area (Å²) in [5.41, 5.74) is 0.926. The number of rotatable bonds is 0. The van der Waals surface area contributed by atoms with Crippen LogP contribution in [0.3, 0.4) is 0 Å². The third kappa shape index (κ3) is 28.9. The molecule has 13 nitrogen and oxygen atoms in total. The van der Waals surface area contributed by atoms with E-state index in [-0.39, 0.29) is 37.1 Å². The van der Waals surface area contributed by atoms with Gasteiger partial charge in [-0.3, -0.25) is 9.36 Å². The van der Waals surface area contributed by atoms with Crippen LogP contribution in [0.2, 0.25) is 0 Å². The summed E-state index contributed by atoms with van der Waals surface area (Å²) in [5, 5.41) is 7.56. The first-order valence-corrected chi connectivity index (χ1v) is 11.4. The number of aromatic nitrogens is 8. The standard InChI is InChI=1S/C5H11NO.C4H6N2.3C4H5NO.C3H5N3.5CH4/c1-6-2-4-7-5-3-6;1-6-4-2-3-5-6;1-4-2-6-3-5-4;2*1-4-2-5-3-6-4;1-6-3-4-2-5-6;;;;;/h2-5H2,1H3;2-4H,1H3;4*2-3H,1H3;5*1H4. The SMILES string of the molecule is C.C.C.C.C.CN1CCOCC1.Cc1cnco1.Cc1cnco1.Cc1cocn1.Cn1cccn1.Cn1cncn1. The molecule has 0 radical (unpaired) electrons. The highest BCUT2D eigenvalue weighted by Gasteiger charge is 2.02. The molecule has 1 aliphatic heterocycles. The first kappa shape index (κ1) is 47.7. The van der Waals surface area contributed by atoms with Crippen molar-refractivity contribution in [2.24, 2.45) is 14.1 Å². The fraction of sp³-hybridized carbons (Fsp3) is 0.517. The Hall–Kier alpha value is -4.10. The predicted octanol–water partition coefficient (Wildman–Crippen LogP) is 6.31. The van der Waals surface area contributed by atoms with E-state index in [0.717, 1.165) is 43.5 Å². The average Bonchev–Trinajstić information content (AvgIpc) is 3.71. The van der Waals surface area contributed by atoms with E-state index in [9.17, 15) is 0 Å². The largest absolute Gasteiger partial charge is 0.452 e. The molecule has 6 rings (SSSR count). The van der Waals surface area contributed by atoms with Crippen LogP contribution in [0.25, 0.3) is 0 Å². The van der Waals surface area contributed by atoms with E-state index >= 15 is 0 Å². The maximum absolute atomic E-state index is 5.10. The third-order valence-corrected chi connectivity index (χ3v) is 4.07. The van der Waals surface area contributed by atoms with Gasteiger partial charge in [0.15, 0.2) is 19.2 Å². The van der Waals surface area contributed by atoms with E-state index in [4.69, 9.17) is 13.6 Å². The number of likely N-dealkylation sites (N-methyl/N-ethyl adjacent to an activating group) is 1. The highest BCUT2D eigenvalue weighted by molar-refractivity contribution is 4.83. The zero-order valence-corrected chi connectivity index (χ0v) is 22.3. The lowest BCUT2D eigenvalue weighted by Gasteiger charge is -2.21. The summed E-state index contributed by atoms with van der Waals surface area (Å²) in [6.07, 6.45) is 15.9. The normalized spacial score (nSPS) is 10.5. The average molecular weight is 596 g/mol. The molecule has 5 aromatic rings. The highest BCUT2D eigenvalue weighted by atomic mass is 16.5. The van der Waals surface area contributed by atoms with Crippen LogP contribution in [0, 0.1) is 20.8 Å². The molecule has 0 amide bonds. The fourth-order valence-corrected chi connectivity index (χ4v) is 2.10. The van der Waals surface area contributed by atoms with Crippen LogP contribution < -0.4 is 0 Å². The molecule has 0 N–H and O–H groups in total. The Kier molecular flexibility index (Phi) is 35.7. The van der Waals surface area contributed by atoms with Crippen LogP contribution in [-0.4, -0.2) is 77.7 Å². The van der Waals surface area contributed by atoms with E-state index in [1.807, 2.05) is 47.1 Å². The van der Waals surface area contributed by atoms with E-state index < -0.39 is 0 Å². The zero-order chi connectivity index (χ0) is 27.1. The van der Waals surface area contributed by atoms with Crippen molar-refractivity contribution in [3.8, 4) is 0 Å². The monoisotopic (exact) mass is 595 g/mol. The molecule has 6 heterocycles. The lowest BCUT2D eigenvalue weighted by Crippen LogP contribution is -2.32. The second-order valence-electron chi connectivity index (χ2n) is 7.52. The maximum atomic E-state index is 5.10. The summed E-state index contributed by atoms with van der Waals surface area (Å²) in [7, 11) is 5.83. The number of hydrogen-bond acceptors (Lipinski definition) is 11. The molecule has 1 saturated heterocycles. The minimum absolute atomic E-state index is 0. The molecule has 5 aromatic heterocycles. The van der Waals surface area contributed by atoms with Crippen LogP contribution in [0.1, 0.15) is 54.3 Å². The molecule has 0 aliphatic carbocycles. The number of nitrogens with zero attached hydrogens (tertiary/aromatic N) is 9.